The molecule has 1 unspecified atom stereocenters. The molecule has 0 saturated carbocycles. The molecule has 184 valence electrons. The first-order chi connectivity index (χ1) is 16.8. The molecule has 10 nitrogen and oxygen atoms in total. The molecule has 10 heteroatoms. The molecule has 2 saturated heterocycles. The molecule has 0 aliphatic carbocycles. The van der Waals surface area contributed by atoms with E-state index in [9.17, 15) is 19.2 Å². The Morgan fingerprint density at radius 3 is 2.74 bits per heavy atom. The van der Waals surface area contributed by atoms with Crippen LogP contribution in [0.15, 0.2) is 18.2 Å². The van der Waals surface area contributed by atoms with Crippen molar-refractivity contribution in [2.24, 2.45) is 0 Å². The number of aromatic amines is 1. The lowest BCUT2D eigenvalue weighted by Crippen LogP contribution is -2.52. The van der Waals surface area contributed by atoms with Crippen LogP contribution in [0.2, 0.25) is 0 Å². The minimum Gasteiger partial charge on any atom is -0.491 e. The van der Waals surface area contributed by atoms with Crippen LogP contribution in [0.5, 0.6) is 5.75 Å². The van der Waals surface area contributed by atoms with Crippen LogP contribution in [-0.2, 0) is 16.1 Å². The molecule has 0 spiro atoms. The van der Waals surface area contributed by atoms with E-state index in [2.05, 4.69) is 15.5 Å². The molecule has 35 heavy (non-hydrogen) atoms. The van der Waals surface area contributed by atoms with E-state index in [4.69, 9.17) is 4.74 Å². The SMILES string of the molecule is Cc1n[nH]c(C)c1C(=O)N1CCCC[C@@H]1COc1ccc2c(c1)CN(C1CCC(=O)NC1=O)C2=O. The Kier molecular flexibility index (Phi) is 6.04. The summed E-state index contributed by atoms with van der Waals surface area (Å²) in [5, 5.41) is 9.37. The first-order valence-corrected chi connectivity index (χ1v) is 12.1. The number of hydrogen-bond acceptors (Lipinski definition) is 6. The number of amides is 4. The maximum absolute atomic E-state index is 13.3. The van der Waals surface area contributed by atoms with E-state index in [-0.39, 0.29) is 30.2 Å². The number of likely N-dealkylation sites (tertiary alicyclic amines) is 1. The summed E-state index contributed by atoms with van der Waals surface area (Å²) in [5.74, 6) is -0.351. The zero-order valence-corrected chi connectivity index (χ0v) is 19.9. The van der Waals surface area contributed by atoms with Gasteiger partial charge in [0.15, 0.2) is 0 Å². The Labute approximate surface area is 203 Å². The number of fused-ring (bicyclic) bond motifs is 1. The Morgan fingerprint density at radius 2 is 2.00 bits per heavy atom. The highest BCUT2D eigenvalue weighted by Gasteiger charge is 2.39. The molecular weight excluding hydrogens is 450 g/mol. The average Bonchev–Trinajstić information content (AvgIpc) is 3.35. The van der Waals surface area contributed by atoms with E-state index >= 15 is 0 Å². The molecule has 1 aromatic heterocycles. The average molecular weight is 480 g/mol. The van der Waals surface area contributed by atoms with Crippen LogP contribution in [0.1, 0.15) is 69.8 Å². The largest absolute Gasteiger partial charge is 0.491 e. The second kappa shape index (κ2) is 9.16. The predicted octanol–water partition coefficient (Wildman–Crippen LogP) is 1.86. The zero-order chi connectivity index (χ0) is 24.7. The Balaban J connectivity index is 1.26. The normalized spacial score (nSPS) is 22.3. The standard InChI is InChI=1S/C25H29N5O5/c1-14-22(15(2)28-27-14)25(34)29-10-4-3-5-17(29)13-35-18-6-7-19-16(11-18)12-30(24(19)33)20-8-9-21(31)26-23(20)32/h6-7,11,17,20H,3-5,8-10,12-13H2,1-2H3,(H,27,28)(H,26,31,32)/t17-,20?/m1/s1. The third-order valence-electron chi connectivity index (χ3n) is 7.17. The van der Waals surface area contributed by atoms with Crippen molar-refractivity contribution in [1.82, 2.24) is 25.3 Å². The van der Waals surface area contributed by atoms with Gasteiger partial charge < -0.3 is 14.5 Å². The number of aryl methyl sites for hydroxylation is 2. The van der Waals surface area contributed by atoms with Gasteiger partial charge in [0, 0.05) is 30.8 Å². The van der Waals surface area contributed by atoms with E-state index in [1.807, 2.05) is 24.8 Å². The number of imide groups is 1. The van der Waals surface area contributed by atoms with Crippen LogP contribution < -0.4 is 10.1 Å². The molecular formula is C25H29N5O5. The van der Waals surface area contributed by atoms with Gasteiger partial charge in [-0.2, -0.15) is 5.10 Å². The predicted molar refractivity (Wildman–Crippen MR) is 125 cm³/mol. The number of hydrogen-bond donors (Lipinski definition) is 2. The molecule has 2 N–H and O–H groups in total. The van der Waals surface area contributed by atoms with Gasteiger partial charge >= 0.3 is 0 Å². The molecule has 2 fully saturated rings. The molecule has 3 aliphatic heterocycles. The number of carbonyl (C=O) groups is 4. The van der Waals surface area contributed by atoms with Crippen LogP contribution in [0.3, 0.4) is 0 Å². The van der Waals surface area contributed by atoms with E-state index < -0.39 is 11.9 Å². The minimum absolute atomic E-state index is 0.0264. The van der Waals surface area contributed by atoms with E-state index in [0.717, 1.165) is 30.5 Å². The van der Waals surface area contributed by atoms with E-state index in [0.29, 0.717) is 48.7 Å². The number of nitrogens with zero attached hydrogens (tertiary/aromatic N) is 3. The number of piperidine rings is 2. The molecule has 5 rings (SSSR count). The highest BCUT2D eigenvalue weighted by atomic mass is 16.5. The first kappa shape index (κ1) is 23.1. The number of H-pyrrole nitrogens is 1. The number of aromatic nitrogens is 2. The minimum atomic E-state index is -0.645. The number of rotatable bonds is 5. The van der Waals surface area contributed by atoms with Gasteiger partial charge in [-0.05, 0) is 63.3 Å². The van der Waals surface area contributed by atoms with Crippen LogP contribution in [0.4, 0.5) is 0 Å². The molecule has 2 atom stereocenters. The Morgan fingerprint density at radius 1 is 1.17 bits per heavy atom. The van der Waals surface area contributed by atoms with Crippen molar-refractivity contribution in [3.8, 4) is 5.75 Å². The second-order valence-corrected chi connectivity index (χ2v) is 9.49. The highest BCUT2D eigenvalue weighted by Crippen LogP contribution is 2.31. The van der Waals surface area contributed by atoms with Gasteiger partial charge in [-0.1, -0.05) is 0 Å². The fourth-order valence-electron chi connectivity index (χ4n) is 5.28. The lowest BCUT2D eigenvalue weighted by molar-refractivity contribution is -0.136. The first-order valence-electron chi connectivity index (χ1n) is 12.1. The van der Waals surface area contributed by atoms with E-state index in [1.54, 1.807) is 12.1 Å². The smallest absolute Gasteiger partial charge is 0.257 e. The van der Waals surface area contributed by atoms with Crippen LogP contribution in [-0.4, -0.2) is 68.9 Å². The zero-order valence-electron chi connectivity index (χ0n) is 19.9. The van der Waals surface area contributed by atoms with Gasteiger partial charge in [-0.15, -0.1) is 0 Å². The molecule has 0 bridgehead atoms. The fourth-order valence-corrected chi connectivity index (χ4v) is 5.28. The quantitative estimate of drug-likeness (QED) is 0.631. The monoisotopic (exact) mass is 479 g/mol. The maximum atomic E-state index is 13.3. The summed E-state index contributed by atoms with van der Waals surface area (Å²) in [6.07, 6.45) is 3.39. The van der Waals surface area contributed by atoms with Gasteiger partial charge in [-0.3, -0.25) is 29.6 Å². The van der Waals surface area contributed by atoms with Gasteiger partial charge in [0.05, 0.1) is 17.3 Å². The van der Waals surface area contributed by atoms with Gasteiger partial charge in [0.2, 0.25) is 11.8 Å². The molecule has 2 aromatic rings. The maximum Gasteiger partial charge on any atom is 0.257 e. The topological polar surface area (TPSA) is 125 Å². The third kappa shape index (κ3) is 4.28. The summed E-state index contributed by atoms with van der Waals surface area (Å²) in [6, 6.07) is 4.61. The van der Waals surface area contributed by atoms with Crippen LogP contribution in [0, 0.1) is 13.8 Å². The Hall–Kier alpha value is -3.69. The summed E-state index contributed by atoms with van der Waals surface area (Å²) in [4.78, 5) is 53.3. The molecule has 0 radical (unpaired) electrons. The number of carbonyl (C=O) groups excluding carboxylic acids is 4. The summed E-state index contributed by atoms with van der Waals surface area (Å²) in [6.45, 7) is 5.01. The van der Waals surface area contributed by atoms with Crippen molar-refractivity contribution in [3.05, 3.63) is 46.3 Å². The van der Waals surface area contributed by atoms with Gasteiger partial charge in [0.1, 0.15) is 18.4 Å². The number of ether oxygens (including phenoxy) is 1. The molecule has 4 heterocycles. The lowest BCUT2D eigenvalue weighted by atomic mass is 10.0. The Bertz CT molecular complexity index is 1190. The summed E-state index contributed by atoms with van der Waals surface area (Å²) < 4.78 is 6.11. The van der Waals surface area contributed by atoms with Gasteiger partial charge in [0.25, 0.3) is 11.8 Å². The lowest BCUT2D eigenvalue weighted by Gasteiger charge is -2.35. The van der Waals surface area contributed by atoms with Crippen molar-refractivity contribution < 1.29 is 23.9 Å². The summed E-state index contributed by atoms with van der Waals surface area (Å²) in [7, 11) is 0. The molecule has 3 aliphatic rings. The number of benzene rings is 1. The van der Waals surface area contributed by atoms with Crippen LogP contribution >= 0.6 is 0 Å². The molecule has 4 amide bonds. The third-order valence-corrected chi connectivity index (χ3v) is 7.17. The van der Waals surface area contributed by atoms with Crippen molar-refractivity contribution in [3.63, 3.8) is 0 Å². The van der Waals surface area contributed by atoms with Crippen molar-refractivity contribution >= 4 is 23.6 Å². The van der Waals surface area contributed by atoms with Crippen molar-refractivity contribution in [1.29, 1.82) is 0 Å². The van der Waals surface area contributed by atoms with Gasteiger partial charge in [-0.25, -0.2) is 0 Å². The summed E-state index contributed by atoms with van der Waals surface area (Å²) in [5.41, 5.74) is 3.42. The molecule has 1 aromatic carbocycles. The van der Waals surface area contributed by atoms with Crippen LogP contribution in [0.25, 0.3) is 0 Å². The summed E-state index contributed by atoms with van der Waals surface area (Å²) >= 11 is 0. The second-order valence-electron chi connectivity index (χ2n) is 9.49. The van der Waals surface area contributed by atoms with E-state index in [1.165, 1.54) is 4.90 Å². The van der Waals surface area contributed by atoms with Crippen molar-refractivity contribution in [2.45, 2.75) is 64.6 Å². The number of nitrogens with one attached hydrogen (secondary N) is 2. The fraction of sp³-hybridized carbons (Fsp3) is 0.480. The van der Waals surface area contributed by atoms with Crippen molar-refractivity contribution in [2.75, 3.05) is 13.2 Å². The highest BCUT2D eigenvalue weighted by molar-refractivity contribution is 6.05.